The Bertz CT molecular complexity index is 665. The molecule has 1 saturated carbocycles. The summed E-state index contributed by atoms with van der Waals surface area (Å²) in [5.74, 6) is 3.50. The van der Waals surface area contributed by atoms with E-state index in [2.05, 4.69) is 30.6 Å². The number of aryl methyl sites for hydroxylation is 1. The van der Waals surface area contributed by atoms with Crippen molar-refractivity contribution in [3.63, 3.8) is 0 Å². The molecule has 8 nitrogen and oxygen atoms in total. The first-order valence-corrected chi connectivity index (χ1v) is 8.89. The summed E-state index contributed by atoms with van der Waals surface area (Å²) >= 11 is 0. The molecule has 0 aromatic carbocycles. The second kappa shape index (κ2) is 6.98. The summed E-state index contributed by atoms with van der Waals surface area (Å²) in [7, 11) is 0. The molecule has 2 fully saturated rings. The Balaban J connectivity index is 1.26. The molecule has 3 heterocycles. The molecule has 1 N–H and O–H groups in total. The molecule has 0 unspecified atom stereocenters. The van der Waals surface area contributed by atoms with Gasteiger partial charge in [0.1, 0.15) is 0 Å². The lowest BCUT2D eigenvalue weighted by Crippen LogP contribution is -2.45. The van der Waals surface area contributed by atoms with Crippen molar-refractivity contribution in [2.75, 3.05) is 13.1 Å². The van der Waals surface area contributed by atoms with Crippen molar-refractivity contribution in [2.45, 2.75) is 64.1 Å². The number of likely N-dealkylation sites (tertiary alicyclic amines) is 1. The molecule has 0 spiro atoms. The topological polar surface area (TPSA) is 93.1 Å². The van der Waals surface area contributed by atoms with Crippen LogP contribution < -0.4 is 5.32 Å². The van der Waals surface area contributed by atoms with Crippen LogP contribution >= 0.6 is 0 Å². The molecule has 2 aromatic heterocycles. The second-order valence-corrected chi connectivity index (χ2v) is 6.72. The third-order valence-electron chi connectivity index (χ3n) is 4.63. The van der Waals surface area contributed by atoms with Gasteiger partial charge in [0.05, 0.1) is 13.1 Å². The van der Waals surface area contributed by atoms with Crippen LogP contribution in [0.5, 0.6) is 0 Å². The third kappa shape index (κ3) is 3.81. The molecule has 4 rings (SSSR count). The van der Waals surface area contributed by atoms with Crippen molar-refractivity contribution in [1.82, 2.24) is 30.6 Å². The lowest BCUT2D eigenvalue weighted by molar-refractivity contribution is 0.175. The van der Waals surface area contributed by atoms with Crippen molar-refractivity contribution >= 4 is 0 Å². The van der Waals surface area contributed by atoms with Crippen molar-refractivity contribution in [3.8, 4) is 0 Å². The van der Waals surface area contributed by atoms with E-state index in [-0.39, 0.29) is 0 Å². The summed E-state index contributed by atoms with van der Waals surface area (Å²) in [6.45, 7) is 5.44. The molecule has 8 heteroatoms. The van der Waals surface area contributed by atoms with Gasteiger partial charge in [0.25, 0.3) is 0 Å². The predicted molar refractivity (Wildman–Crippen MR) is 85.1 cm³/mol. The minimum absolute atomic E-state index is 0.422. The number of hydrogen-bond acceptors (Lipinski definition) is 8. The minimum atomic E-state index is 0.422. The van der Waals surface area contributed by atoms with Crippen molar-refractivity contribution < 1.29 is 8.94 Å². The van der Waals surface area contributed by atoms with E-state index in [1.165, 1.54) is 12.8 Å². The summed E-state index contributed by atoms with van der Waals surface area (Å²) in [6.07, 6.45) is 5.47. The van der Waals surface area contributed by atoms with Gasteiger partial charge in [-0.15, -0.1) is 10.2 Å². The fourth-order valence-electron chi connectivity index (χ4n) is 3.13. The third-order valence-corrected chi connectivity index (χ3v) is 4.63. The predicted octanol–water partition coefficient (Wildman–Crippen LogP) is 1.65. The quantitative estimate of drug-likeness (QED) is 0.818. The lowest BCUT2D eigenvalue weighted by atomic mass is 10.1. The number of nitrogens with zero attached hydrogens (tertiary/aromatic N) is 5. The molecule has 130 valence electrons. The number of rotatable bonds is 7. The smallest absolute Gasteiger partial charge is 0.230 e. The van der Waals surface area contributed by atoms with Gasteiger partial charge in [-0.2, -0.15) is 4.98 Å². The van der Waals surface area contributed by atoms with E-state index in [0.29, 0.717) is 30.3 Å². The standard InChI is InChI=1S/C16H24N6O2/c1-2-14-19-20-15(23-14)8-17-12-4-3-7-22(9-12)10-13-18-16(24-21-13)11-5-6-11/h11-12,17H,2-10H2,1H3/t12-/m0/s1. The van der Waals surface area contributed by atoms with Crippen LogP contribution in [-0.2, 0) is 19.5 Å². The van der Waals surface area contributed by atoms with Crippen LogP contribution in [0.3, 0.4) is 0 Å². The SMILES string of the molecule is CCc1nnc(CN[C@H]2CCCN(Cc3noc(C4CC4)n3)C2)o1. The molecule has 0 radical (unpaired) electrons. The highest BCUT2D eigenvalue weighted by Crippen LogP contribution is 2.38. The highest BCUT2D eigenvalue weighted by atomic mass is 16.5. The average Bonchev–Trinajstić information content (AvgIpc) is 3.17. The van der Waals surface area contributed by atoms with Gasteiger partial charge in [-0.25, -0.2) is 0 Å². The number of hydrogen-bond donors (Lipinski definition) is 1. The molecule has 0 amide bonds. The monoisotopic (exact) mass is 332 g/mol. The van der Waals surface area contributed by atoms with Gasteiger partial charge in [-0.3, -0.25) is 4.90 Å². The molecular formula is C16H24N6O2. The van der Waals surface area contributed by atoms with Crippen molar-refractivity contribution in [1.29, 1.82) is 0 Å². The van der Waals surface area contributed by atoms with Crippen LogP contribution in [0, 0.1) is 0 Å². The first-order valence-electron chi connectivity index (χ1n) is 8.89. The van der Waals surface area contributed by atoms with E-state index in [0.717, 1.165) is 50.6 Å². The molecule has 1 atom stereocenters. The van der Waals surface area contributed by atoms with Gasteiger partial charge in [0, 0.05) is 24.9 Å². The van der Waals surface area contributed by atoms with Crippen LogP contribution in [0.25, 0.3) is 0 Å². The van der Waals surface area contributed by atoms with Crippen LogP contribution in [0.1, 0.15) is 62.0 Å². The first kappa shape index (κ1) is 15.7. The van der Waals surface area contributed by atoms with Crippen LogP contribution in [0.2, 0.25) is 0 Å². The number of aromatic nitrogens is 4. The summed E-state index contributed by atoms with van der Waals surface area (Å²) in [5.41, 5.74) is 0. The Labute approximate surface area is 141 Å². The fourth-order valence-corrected chi connectivity index (χ4v) is 3.13. The fraction of sp³-hybridized carbons (Fsp3) is 0.750. The summed E-state index contributed by atoms with van der Waals surface area (Å²) in [6, 6.07) is 0.422. The highest BCUT2D eigenvalue weighted by molar-refractivity contribution is 5.01. The van der Waals surface area contributed by atoms with Crippen LogP contribution in [0.4, 0.5) is 0 Å². The lowest BCUT2D eigenvalue weighted by Gasteiger charge is -2.32. The zero-order valence-corrected chi connectivity index (χ0v) is 14.1. The maximum atomic E-state index is 5.55. The van der Waals surface area contributed by atoms with Gasteiger partial charge in [-0.1, -0.05) is 12.1 Å². The second-order valence-electron chi connectivity index (χ2n) is 6.72. The molecule has 0 bridgehead atoms. The average molecular weight is 332 g/mol. The Morgan fingerprint density at radius 3 is 2.88 bits per heavy atom. The largest absolute Gasteiger partial charge is 0.424 e. The Morgan fingerprint density at radius 1 is 1.21 bits per heavy atom. The summed E-state index contributed by atoms with van der Waals surface area (Å²) < 4.78 is 10.9. The van der Waals surface area contributed by atoms with E-state index in [1.807, 2.05) is 6.92 Å². The van der Waals surface area contributed by atoms with Crippen molar-refractivity contribution in [2.24, 2.45) is 0 Å². The number of piperidine rings is 1. The molecule has 24 heavy (non-hydrogen) atoms. The van der Waals surface area contributed by atoms with Crippen molar-refractivity contribution in [3.05, 3.63) is 23.5 Å². The maximum absolute atomic E-state index is 5.55. The van der Waals surface area contributed by atoms with Gasteiger partial charge in [0.2, 0.25) is 17.7 Å². The van der Waals surface area contributed by atoms with Gasteiger partial charge < -0.3 is 14.3 Å². The van der Waals surface area contributed by atoms with E-state index < -0.39 is 0 Å². The first-order chi connectivity index (χ1) is 11.8. The zero-order valence-electron chi connectivity index (χ0n) is 14.1. The molecule has 1 aliphatic heterocycles. The molecule has 1 saturated heterocycles. The Hall–Kier alpha value is -1.80. The molecule has 2 aromatic rings. The zero-order chi connectivity index (χ0) is 16.4. The van der Waals surface area contributed by atoms with E-state index in [9.17, 15) is 0 Å². The maximum Gasteiger partial charge on any atom is 0.230 e. The molecule has 2 aliphatic rings. The van der Waals surface area contributed by atoms with E-state index >= 15 is 0 Å². The van der Waals surface area contributed by atoms with Crippen LogP contribution in [0.15, 0.2) is 8.94 Å². The Morgan fingerprint density at radius 2 is 2.08 bits per heavy atom. The van der Waals surface area contributed by atoms with E-state index in [1.54, 1.807) is 0 Å². The van der Waals surface area contributed by atoms with Gasteiger partial charge >= 0.3 is 0 Å². The Kier molecular flexibility index (Phi) is 4.57. The van der Waals surface area contributed by atoms with Gasteiger partial charge in [0.15, 0.2) is 5.82 Å². The van der Waals surface area contributed by atoms with Crippen LogP contribution in [-0.4, -0.2) is 44.4 Å². The molecular weight excluding hydrogens is 308 g/mol. The summed E-state index contributed by atoms with van der Waals surface area (Å²) in [4.78, 5) is 6.91. The summed E-state index contributed by atoms with van der Waals surface area (Å²) in [5, 5.41) is 15.7. The minimum Gasteiger partial charge on any atom is -0.424 e. The molecule has 1 aliphatic carbocycles. The number of nitrogens with one attached hydrogen (secondary N) is 1. The van der Waals surface area contributed by atoms with Gasteiger partial charge in [-0.05, 0) is 32.2 Å². The normalized spacial score (nSPS) is 22.1. The highest BCUT2D eigenvalue weighted by Gasteiger charge is 2.30. The van der Waals surface area contributed by atoms with E-state index in [4.69, 9.17) is 8.94 Å².